The van der Waals surface area contributed by atoms with Crippen LogP contribution in [0.25, 0.3) is 5.69 Å². The Morgan fingerprint density at radius 2 is 1.83 bits per heavy atom. The molecule has 2 heterocycles. The smallest absolute Gasteiger partial charge is 0.315 e. The minimum Gasteiger partial charge on any atom is -0.338 e. The van der Waals surface area contributed by atoms with Crippen LogP contribution in [0.15, 0.2) is 61.1 Å². The number of hydrogen-bond acceptors (Lipinski definition) is 4. The summed E-state index contributed by atoms with van der Waals surface area (Å²) in [5.41, 5.74) is 2.76. The Hall–Kier alpha value is -3.22. The normalized spacial score (nSPS) is 10.3. The Labute approximate surface area is 139 Å². The number of benzene rings is 1. The van der Waals surface area contributed by atoms with Gasteiger partial charge in [-0.25, -0.2) is 9.48 Å². The van der Waals surface area contributed by atoms with E-state index in [-0.39, 0.29) is 6.03 Å². The third kappa shape index (κ3) is 4.39. The van der Waals surface area contributed by atoms with Crippen LogP contribution in [-0.4, -0.2) is 32.6 Å². The Morgan fingerprint density at radius 3 is 2.62 bits per heavy atom. The fourth-order valence-corrected chi connectivity index (χ4v) is 2.19. The van der Waals surface area contributed by atoms with Gasteiger partial charge in [-0.2, -0.15) is 0 Å². The van der Waals surface area contributed by atoms with Crippen LogP contribution >= 0.6 is 0 Å². The van der Waals surface area contributed by atoms with Gasteiger partial charge in [-0.15, -0.1) is 5.10 Å². The van der Waals surface area contributed by atoms with Gasteiger partial charge in [-0.05, 0) is 36.2 Å². The maximum atomic E-state index is 11.8. The topological polar surface area (TPSA) is 84.7 Å². The summed E-state index contributed by atoms with van der Waals surface area (Å²) >= 11 is 0. The van der Waals surface area contributed by atoms with E-state index in [1.54, 1.807) is 23.3 Å². The highest BCUT2D eigenvalue weighted by Crippen LogP contribution is 2.05. The first kappa shape index (κ1) is 15.7. The minimum absolute atomic E-state index is 0.224. The van der Waals surface area contributed by atoms with Crippen LogP contribution < -0.4 is 10.6 Å². The van der Waals surface area contributed by atoms with E-state index in [0.29, 0.717) is 18.8 Å². The number of aromatic nitrogens is 4. The lowest BCUT2D eigenvalue weighted by Gasteiger charge is -2.06. The van der Waals surface area contributed by atoms with E-state index in [1.807, 2.05) is 42.5 Å². The van der Waals surface area contributed by atoms with Gasteiger partial charge in [-0.1, -0.05) is 23.4 Å². The fourth-order valence-electron chi connectivity index (χ4n) is 2.19. The first-order valence-corrected chi connectivity index (χ1v) is 7.68. The molecule has 0 saturated carbocycles. The van der Waals surface area contributed by atoms with E-state index in [0.717, 1.165) is 17.7 Å². The largest absolute Gasteiger partial charge is 0.338 e. The van der Waals surface area contributed by atoms with Crippen molar-refractivity contribution in [3.8, 4) is 5.69 Å². The van der Waals surface area contributed by atoms with Gasteiger partial charge in [0.1, 0.15) is 5.69 Å². The molecule has 0 atom stereocenters. The highest BCUT2D eigenvalue weighted by atomic mass is 16.2. The molecule has 122 valence electrons. The molecule has 0 radical (unpaired) electrons. The lowest BCUT2D eigenvalue weighted by Crippen LogP contribution is -2.36. The molecule has 1 aromatic carbocycles. The van der Waals surface area contributed by atoms with Crippen molar-refractivity contribution >= 4 is 6.03 Å². The molecule has 0 saturated heterocycles. The monoisotopic (exact) mass is 322 g/mol. The summed E-state index contributed by atoms with van der Waals surface area (Å²) in [6, 6.07) is 13.3. The van der Waals surface area contributed by atoms with Crippen molar-refractivity contribution in [3.63, 3.8) is 0 Å². The molecule has 3 rings (SSSR count). The quantitative estimate of drug-likeness (QED) is 0.723. The van der Waals surface area contributed by atoms with Crippen molar-refractivity contribution in [1.29, 1.82) is 0 Å². The van der Waals surface area contributed by atoms with Crippen LogP contribution in [0, 0.1) is 0 Å². The Kier molecular flexibility index (Phi) is 5.14. The molecule has 0 aliphatic carbocycles. The van der Waals surface area contributed by atoms with E-state index in [2.05, 4.69) is 25.9 Å². The summed E-state index contributed by atoms with van der Waals surface area (Å²) in [6.07, 6.45) is 6.05. The van der Waals surface area contributed by atoms with Crippen LogP contribution in [0.3, 0.4) is 0 Å². The van der Waals surface area contributed by atoms with E-state index in [9.17, 15) is 4.79 Å². The van der Waals surface area contributed by atoms with Gasteiger partial charge in [0.15, 0.2) is 0 Å². The van der Waals surface area contributed by atoms with Gasteiger partial charge >= 0.3 is 6.03 Å². The molecule has 3 aromatic rings. The van der Waals surface area contributed by atoms with E-state index in [4.69, 9.17) is 0 Å². The van der Waals surface area contributed by atoms with Crippen LogP contribution in [0.5, 0.6) is 0 Å². The van der Waals surface area contributed by atoms with Gasteiger partial charge in [0.25, 0.3) is 0 Å². The Balaban J connectivity index is 1.42. The molecule has 2 aromatic heterocycles. The summed E-state index contributed by atoms with van der Waals surface area (Å²) in [7, 11) is 0. The average molecular weight is 322 g/mol. The predicted octanol–water partition coefficient (Wildman–Crippen LogP) is 1.70. The molecule has 2 N–H and O–H groups in total. The van der Waals surface area contributed by atoms with E-state index < -0.39 is 0 Å². The minimum atomic E-state index is -0.224. The fraction of sp³-hybridized carbons (Fsp3) is 0.176. The van der Waals surface area contributed by atoms with E-state index >= 15 is 0 Å². The SMILES string of the molecule is O=C(NCCc1ccncc1)NCc1cn(-c2ccccc2)nn1. The van der Waals surface area contributed by atoms with Crippen molar-refractivity contribution in [3.05, 3.63) is 72.3 Å². The van der Waals surface area contributed by atoms with Crippen LogP contribution in [-0.2, 0) is 13.0 Å². The Morgan fingerprint density at radius 1 is 1.04 bits per heavy atom. The van der Waals surface area contributed by atoms with Crippen molar-refractivity contribution < 1.29 is 4.79 Å². The zero-order chi connectivity index (χ0) is 16.6. The summed E-state index contributed by atoms with van der Waals surface area (Å²) in [6.45, 7) is 0.889. The highest BCUT2D eigenvalue weighted by molar-refractivity contribution is 5.73. The van der Waals surface area contributed by atoms with Crippen LogP contribution in [0.4, 0.5) is 4.79 Å². The van der Waals surface area contributed by atoms with Crippen molar-refractivity contribution in [2.75, 3.05) is 6.54 Å². The lowest BCUT2D eigenvalue weighted by atomic mass is 10.2. The maximum Gasteiger partial charge on any atom is 0.315 e. The van der Waals surface area contributed by atoms with Gasteiger partial charge in [0.2, 0.25) is 0 Å². The zero-order valence-electron chi connectivity index (χ0n) is 13.1. The molecule has 0 unspecified atom stereocenters. The number of carbonyl (C=O) groups excluding carboxylic acids is 1. The summed E-state index contributed by atoms with van der Waals surface area (Å²) in [4.78, 5) is 15.8. The number of nitrogens with one attached hydrogen (secondary N) is 2. The van der Waals surface area contributed by atoms with Gasteiger partial charge in [0.05, 0.1) is 18.4 Å². The number of para-hydroxylation sites is 1. The summed E-state index contributed by atoms with van der Waals surface area (Å²) < 4.78 is 1.68. The van der Waals surface area contributed by atoms with Crippen molar-refractivity contribution in [2.24, 2.45) is 0 Å². The zero-order valence-corrected chi connectivity index (χ0v) is 13.1. The second kappa shape index (κ2) is 7.87. The molecular formula is C17H18N6O. The first-order chi connectivity index (χ1) is 11.8. The number of hydrogen-bond donors (Lipinski definition) is 2. The van der Waals surface area contributed by atoms with Crippen molar-refractivity contribution in [1.82, 2.24) is 30.6 Å². The predicted molar refractivity (Wildman–Crippen MR) is 89.5 cm³/mol. The van der Waals surface area contributed by atoms with Gasteiger partial charge < -0.3 is 10.6 Å². The highest BCUT2D eigenvalue weighted by Gasteiger charge is 2.05. The second-order valence-corrected chi connectivity index (χ2v) is 5.20. The molecule has 0 aliphatic heterocycles. The standard InChI is InChI=1S/C17H18N6O/c24-17(19-11-8-14-6-9-18-10-7-14)20-12-15-13-23(22-21-15)16-4-2-1-3-5-16/h1-7,9-10,13H,8,11-12H2,(H2,19,20,24). The number of amides is 2. The van der Waals surface area contributed by atoms with Gasteiger partial charge in [-0.3, -0.25) is 4.98 Å². The number of nitrogens with zero attached hydrogens (tertiary/aromatic N) is 4. The Bertz CT molecular complexity index is 772. The molecule has 24 heavy (non-hydrogen) atoms. The summed E-state index contributed by atoms with van der Waals surface area (Å²) in [5.74, 6) is 0. The lowest BCUT2D eigenvalue weighted by molar-refractivity contribution is 0.240. The molecular weight excluding hydrogens is 304 g/mol. The molecule has 0 fully saturated rings. The third-order valence-corrected chi connectivity index (χ3v) is 3.44. The molecule has 7 heteroatoms. The third-order valence-electron chi connectivity index (χ3n) is 3.44. The molecule has 7 nitrogen and oxygen atoms in total. The van der Waals surface area contributed by atoms with Crippen LogP contribution in [0.2, 0.25) is 0 Å². The molecule has 0 spiro atoms. The first-order valence-electron chi connectivity index (χ1n) is 7.68. The molecule has 0 bridgehead atoms. The maximum absolute atomic E-state index is 11.8. The molecule has 2 amide bonds. The van der Waals surface area contributed by atoms with E-state index in [1.165, 1.54) is 0 Å². The number of urea groups is 1. The van der Waals surface area contributed by atoms with Crippen LogP contribution in [0.1, 0.15) is 11.3 Å². The van der Waals surface area contributed by atoms with Crippen molar-refractivity contribution in [2.45, 2.75) is 13.0 Å². The average Bonchev–Trinajstić information content (AvgIpc) is 3.11. The number of carbonyl (C=O) groups is 1. The number of pyridine rings is 1. The van der Waals surface area contributed by atoms with Gasteiger partial charge in [0, 0.05) is 18.9 Å². The summed E-state index contributed by atoms with van der Waals surface area (Å²) in [5, 5.41) is 13.7. The molecule has 0 aliphatic rings. The second-order valence-electron chi connectivity index (χ2n) is 5.20. The number of rotatable bonds is 6.